The lowest BCUT2D eigenvalue weighted by Crippen LogP contribution is -2.41. The molecule has 0 aliphatic carbocycles. The Hall–Kier alpha value is -1.20. The Balaban J connectivity index is 2.10. The van der Waals surface area contributed by atoms with Crippen LogP contribution in [0.4, 0.5) is 0 Å². The first kappa shape index (κ1) is 12.3. The van der Waals surface area contributed by atoms with E-state index in [0.29, 0.717) is 23.5 Å². The minimum Gasteiger partial charge on any atom is -0.391 e. The maximum atomic E-state index is 12.1. The van der Waals surface area contributed by atoms with Crippen LogP contribution in [0.15, 0.2) is 11.4 Å². The fourth-order valence-corrected chi connectivity index (χ4v) is 2.84. The number of aliphatic hydroxyl groups is 1. The molecule has 5 heteroatoms. The smallest absolute Gasteiger partial charge is 0.264 e. The summed E-state index contributed by atoms with van der Waals surface area (Å²) in [4.78, 5) is 25.5. The largest absolute Gasteiger partial charge is 0.391 e. The number of Topliss-reactive ketones (excluding diaryl/α,β-unsaturated/α-hetero) is 1. The molecule has 1 aromatic rings. The lowest BCUT2D eigenvalue weighted by Gasteiger charge is -2.29. The number of ketones is 1. The summed E-state index contributed by atoms with van der Waals surface area (Å²) in [6.07, 6.45) is 1.17. The van der Waals surface area contributed by atoms with Gasteiger partial charge in [-0.25, -0.2) is 0 Å². The van der Waals surface area contributed by atoms with Crippen LogP contribution >= 0.6 is 11.3 Å². The molecule has 2 rings (SSSR count). The van der Waals surface area contributed by atoms with Crippen LogP contribution in [0.1, 0.15) is 39.8 Å². The number of thiophene rings is 1. The van der Waals surface area contributed by atoms with Gasteiger partial charge in [0, 0.05) is 24.0 Å². The maximum absolute atomic E-state index is 12.1. The van der Waals surface area contributed by atoms with Gasteiger partial charge in [-0.3, -0.25) is 9.59 Å². The number of rotatable bonds is 2. The summed E-state index contributed by atoms with van der Waals surface area (Å²) in [7, 11) is 0. The SMILES string of the molecule is CC(=O)c1csc(C(=O)N2CCCC(O)C2)c1. The normalized spacial score (nSPS) is 20.4. The number of likely N-dealkylation sites (tertiary alicyclic amines) is 1. The minimum atomic E-state index is -0.417. The molecule has 1 aliphatic heterocycles. The molecule has 1 amide bonds. The first-order valence-electron chi connectivity index (χ1n) is 5.64. The third-order valence-electron chi connectivity index (χ3n) is 2.90. The van der Waals surface area contributed by atoms with Gasteiger partial charge in [-0.15, -0.1) is 11.3 Å². The molecule has 1 N–H and O–H groups in total. The Labute approximate surface area is 104 Å². The molecule has 0 bridgehead atoms. The van der Waals surface area contributed by atoms with Crippen LogP contribution in [0.2, 0.25) is 0 Å². The van der Waals surface area contributed by atoms with Gasteiger partial charge in [-0.1, -0.05) is 0 Å². The molecular formula is C12H15NO3S. The summed E-state index contributed by atoms with van der Waals surface area (Å²) in [5.74, 6) is -0.111. The van der Waals surface area contributed by atoms with E-state index in [1.807, 2.05) is 0 Å². The standard InChI is InChI=1S/C12H15NO3S/c1-8(14)9-5-11(17-7-9)12(16)13-4-2-3-10(15)6-13/h5,7,10,15H,2-4,6H2,1H3. The Morgan fingerprint density at radius 1 is 1.53 bits per heavy atom. The lowest BCUT2D eigenvalue weighted by atomic mass is 10.1. The Morgan fingerprint density at radius 2 is 2.29 bits per heavy atom. The van der Waals surface area contributed by atoms with Crippen molar-refractivity contribution in [2.24, 2.45) is 0 Å². The van der Waals surface area contributed by atoms with Crippen molar-refractivity contribution in [3.8, 4) is 0 Å². The summed E-state index contributed by atoms with van der Waals surface area (Å²) >= 11 is 1.29. The van der Waals surface area contributed by atoms with Crippen LogP contribution in [-0.2, 0) is 0 Å². The molecule has 0 radical (unpaired) electrons. The van der Waals surface area contributed by atoms with Gasteiger partial charge in [0.2, 0.25) is 0 Å². The summed E-state index contributed by atoms with van der Waals surface area (Å²) in [5, 5.41) is 11.2. The van der Waals surface area contributed by atoms with Crippen molar-refractivity contribution in [1.29, 1.82) is 0 Å². The summed E-state index contributed by atoms with van der Waals surface area (Å²) in [5.41, 5.74) is 0.580. The molecule has 17 heavy (non-hydrogen) atoms. The predicted molar refractivity (Wildman–Crippen MR) is 65.5 cm³/mol. The van der Waals surface area contributed by atoms with Gasteiger partial charge in [0.15, 0.2) is 5.78 Å². The Morgan fingerprint density at radius 3 is 2.88 bits per heavy atom. The summed E-state index contributed by atoms with van der Waals surface area (Å²) < 4.78 is 0. The molecule has 1 unspecified atom stereocenters. The third kappa shape index (κ3) is 2.73. The van der Waals surface area contributed by atoms with Gasteiger partial charge in [0.25, 0.3) is 5.91 Å². The van der Waals surface area contributed by atoms with E-state index in [1.165, 1.54) is 18.3 Å². The topological polar surface area (TPSA) is 57.6 Å². The van der Waals surface area contributed by atoms with Crippen molar-refractivity contribution < 1.29 is 14.7 Å². The predicted octanol–water partition coefficient (Wildman–Crippen LogP) is 1.55. The van der Waals surface area contributed by atoms with E-state index < -0.39 is 6.10 Å². The molecule has 2 heterocycles. The van der Waals surface area contributed by atoms with Crippen LogP contribution in [0.3, 0.4) is 0 Å². The molecule has 0 spiro atoms. The molecule has 1 atom stereocenters. The monoisotopic (exact) mass is 253 g/mol. The van der Waals surface area contributed by atoms with E-state index in [4.69, 9.17) is 0 Å². The van der Waals surface area contributed by atoms with Crippen molar-refractivity contribution in [3.63, 3.8) is 0 Å². The van der Waals surface area contributed by atoms with Crippen LogP contribution in [0.25, 0.3) is 0 Å². The van der Waals surface area contributed by atoms with Crippen LogP contribution in [0.5, 0.6) is 0 Å². The van der Waals surface area contributed by atoms with Crippen molar-refractivity contribution >= 4 is 23.0 Å². The second kappa shape index (κ2) is 4.98. The molecule has 1 aromatic heterocycles. The lowest BCUT2D eigenvalue weighted by molar-refractivity contribution is 0.0478. The number of amides is 1. The molecule has 1 saturated heterocycles. The zero-order valence-electron chi connectivity index (χ0n) is 9.68. The highest BCUT2D eigenvalue weighted by molar-refractivity contribution is 7.12. The molecule has 4 nitrogen and oxygen atoms in total. The van der Waals surface area contributed by atoms with Crippen molar-refractivity contribution in [1.82, 2.24) is 4.90 Å². The number of hydrogen-bond donors (Lipinski definition) is 1. The van der Waals surface area contributed by atoms with Crippen LogP contribution in [-0.4, -0.2) is 40.9 Å². The van der Waals surface area contributed by atoms with E-state index in [0.717, 1.165) is 12.8 Å². The zero-order chi connectivity index (χ0) is 12.4. The molecule has 92 valence electrons. The maximum Gasteiger partial charge on any atom is 0.264 e. The molecule has 1 fully saturated rings. The average Bonchev–Trinajstić information content (AvgIpc) is 2.77. The number of aliphatic hydroxyl groups excluding tert-OH is 1. The highest BCUT2D eigenvalue weighted by atomic mass is 32.1. The second-order valence-corrected chi connectivity index (χ2v) is 5.21. The van der Waals surface area contributed by atoms with Crippen molar-refractivity contribution in [2.45, 2.75) is 25.9 Å². The van der Waals surface area contributed by atoms with Crippen LogP contribution in [0, 0.1) is 0 Å². The quantitative estimate of drug-likeness (QED) is 0.813. The first-order chi connectivity index (χ1) is 8.08. The number of carbonyl (C=O) groups excluding carboxylic acids is 2. The number of nitrogens with zero attached hydrogens (tertiary/aromatic N) is 1. The van der Waals surface area contributed by atoms with Gasteiger partial charge >= 0.3 is 0 Å². The number of piperidine rings is 1. The highest BCUT2D eigenvalue weighted by Gasteiger charge is 2.24. The molecule has 0 saturated carbocycles. The molecular weight excluding hydrogens is 238 g/mol. The fraction of sp³-hybridized carbons (Fsp3) is 0.500. The van der Waals surface area contributed by atoms with Gasteiger partial charge in [0.05, 0.1) is 11.0 Å². The minimum absolute atomic E-state index is 0.0287. The van der Waals surface area contributed by atoms with E-state index in [2.05, 4.69) is 0 Å². The van der Waals surface area contributed by atoms with Crippen molar-refractivity contribution in [3.05, 3.63) is 21.9 Å². The van der Waals surface area contributed by atoms with Crippen molar-refractivity contribution in [2.75, 3.05) is 13.1 Å². The number of hydrogen-bond acceptors (Lipinski definition) is 4. The van der Waals surface area contributed by atoms with Gasteiger partial charge < -0.3 is 10.0 Å². The average molecular weight is 253 g/mol. The van der Waals surface area contributed by atoms with Gasteiger partial charge in [-0.05, 0) is 25.8 Å². The third-order valence-corrected chi connectivity index (χ3v) is 3.82. The highest BCUT2D eigenvalue weighted by Crippen LogP contribution is 2.20. The van der Waals surface area contributed by atoms with E-state index in [1.54, 1.807) is 16.3 Å². The number of carbonyl (C=O) groups is 2. The fourth-order valence-electron chi connectivity index (χ4n) is 1.93. The van der Waals surface area contributed by atoms with E-state index >= 15 is 0 Å². The molecule has 0 aromatic carbocycles. The van der Waals surface area contributed by atoms with E-state index in [9.17, 15) is 14.7 Å². The summed E-state index contributed by atoms with van der Waals surface area (Å²) in [6.45, 7) is 2.57. The Bertz CT molecular complexity index is 441. The first-order valence-corrected chi connectivity index (χ1v) is 6.52. The molecule has 1 aliphatic rings. The summed E-state index contributed by atoms with van der Waals surface area (Å²) in [6, 6.07) is 1.64. The van der Waals surface area contributed by atoms with Gasteiger partial charge in [0.1, 0.15) is 0 Å². The second-order valence-electron chi connectivity index (χ2n) is 4.30. The zero-order valence-corrected chi connectivity index (χ0v) is 10.5. The van der Waals surface area contributed by atoms with E-state index in [-0.39, 0.29) is 11.7 Å². The number of β-amino-alcohol motifs (C(OH)–C–C–N with tert-alkyl or cyclic N) is 1. The van der Waals surface area contributed by atoms with Crippen LogP contribution < -0.4 is 0 Å². The van der Waals surface area contributed by atoms with Gasteiger partial charge in [-0.2, -0.15) is 0 Å². The Kier molecular flexibility index (Phi) is 3.59.